The van der Waals surface area contributed by atoms with Crippen molar-refractivity contribution in [1.82, 2.24) is 0 Å². The molecule has 4 heterocycles. The molecule has 0 N–H and O–H groups in total. The minimum absolute atomic E-state index is 0.814. The maximum atomic E-state index is 6.68. The van der Waals surface area contributed by atoms with Crippen LogP contribution in [0.25, 0.3) is 153 Å². The van der Waals surface area contributed by atoms with Crippen molar-refractivity contribution in [2.24, 2.45) is 0 Å². The number of nitrogens with zero attached hydrogens (tertiary/aromatic N) is 2. The summed E-state index contributed by atoms with van der Waals surface area (Å²) >= 11 is 0. The fourth-order valence-electron chi connectivity index (χ4n) is 14.4. The molecule has 0 fully saturated rings. The lowest BCUT2D eigenvalue weighted by Crippen LogP contribution is -2.11. The van der Waals surface area contributed by atoms with E-state index in [0.717, 1.165) is 166 Å². The number of anilines is 6. The molecule has 0 saturated carbocycles. The summed E-state index contributed by atoms with van der Waals surface area (Å²) in [5, 5.41) is 17.4. The number of rotatable bonds is 8. The third-order valence-electron chi connectivity index (χ3n) is 18.2. The highest BCUT2D eigenvalue weighted by atomic mass is 16.3. The van der Waals surface area contributed by atoms with Crippen molar-refractivity contribution < 1.29 is 17.7 Å². The van der Waals surface area contributed by atoms with Crippen molar-refractivity contribution in [1.29, 1.82) is 0 Å². The molecule has 19 rings (SSSR count). The first kappa shape index (κ1) is 48.5. The van der Waals surface area contributed by atoms with E-state index in [9.17, 15) is 0 Å². The first-order chi connectivity index (χ1) is 43.6. The predicted molar refractivity (Wildman–Crippen MR) is 366 cm³/mol. The lowest BCUT2D eigenvalue weighted by Gasteiger charge is -2.29. The summed E-state index contributed by atoms with van der Waals surface area (Å²) in [7, 11) is 0. The standard InChI is InChI=1S/C82H48N2O4/c1-3-19-51-45-53(39-37-49(51)17-1)77-57-43-41-56(84(67-27-15-35-75-81(67)61-23-7-11-31-71(61)87-75)68-28-16-36-76-82(68)62-24-8-12-32-72(62)88-76)48-64(57)78(54-40-38-50-18-2-4-20-52(50)46-54)58-44-42-55(47-63(58)77)83(65-25-13-33-73-79(65)59-21-5-9-29-69(59)85-73)66-26-14-34-74-80(66)60-22-6-10-30-70(60)86-74/h1-48H. The maximum absolute atomic E-state index is 6.68. The molecule has 15 aromatic carbocycles. The van der Waals surface area contributed by atoms with Crippen LogP contribution in [0.15, 0.2) is 309 Å². The molecule has 410 valence electrons. The highest BCUT2D eigenvalue weighted by Crippen LogP contribution is 2.53. The van der Waals surface area contributed by atoms with Crippen LogP contribution in [0.5, 0.6) is 0 Å². The van der Waals surface area contributed by atoms with Gasteiger partial charge >= 0.3 is 0 Å². The summed E-state index contributed by atoms with van der Waals surface area (Å²) < 4.78 is 26.7. The molecule has 0 aliphatic rings. The SMILES string of the molecule is c1ccc2cc(-c3c4ccc(N(c5cccc6oc7ccccc7c56)c5cccc6oc7ccccc7c56)cc4c(-c4ccc5ccccc5c4)c4ccc(N(c5cccc6oc7ccccc7c56)c5cccc6oc7ccccc7c56)cc34)ccc2c1. The largest absolute Gasteiger partial charge is 0.456 e. The van der Waals surface area contributed by atoms with Crippen LogP contribution >= 0.6 is 0 Å². The fraction of sp³-hybridized carbons (Fsp3) is 0. The number of para-hydroxylation sites is 4. The van der Waals surface area contributed by atoms with Gasteiger partial charge in [0.25, 0.3) is 0 Å². The minimum Gasteiger partial charge on any atom is -0.456 e. The van der Waals surface area contributed by atoms with E-state index in [-0.39, 0.29) is 0 Å². The van der Waals surface area contributed by atoms with E-state index >= 15 is 0 Å². The molecule has 0 amide bonds. The zero-order valence-corrected chi connectivity index (χ0v) is 47.2. The van der Waals surface area contributed by atoms with Gasteiger partial charge in [0, 0.05) is 32.9 Å². The Labute approximate surface area is 503 Å². The quantitative estimate of drug-likeness (QED) is 0.141. The van der Waals surface area contributed by atoms with Crippen molar-refractivity contribution in [3.8, 4) is 22.3 Å². The molecule has 6 nitrogen and oxygen atoms in total. The zero-order valence-electron chi connectivity index (χ0n) is 47.2. The van der Waals surface area contributed by atoms with E-state index in [2.05, 4.69) is 277 Å². The van der Waals surface area contributed by atoms with Gasteiger partial charge in [0.1, 0.15) is 44.7 Å². The molecule has 0 aliphatic carbocycles. The molecule has 0 radical (unpaired) electrons. The average Bonchev–Trinajstić information content (AvgIpc) is 1.11. The van der Waals surface area contributed by atoms with Gasteiger partial charge in [-0.1, -0.05) is 182 Å². The Kier molecular flexibility index (Phi) is 10.4. The van der Waals surface area contributed by atoms with Crippen molar-refractivity contribution in [2.75, 3.05) is 9.80 Å². The van der Waals surface area contributed by atoms with Crippen LogP contribution in [0, 0.1) is 0 Å². The molecule has 0 atom stereocenters. The Morgan fingerprint density at radius 3 is 0.830 bits per heavy atom. The Balaban J connectivity index is 0.956. The Morgan fingerprint density at radius 1 is 0.193 bits per heavy atom. The van der Waals surface area contributed by atoms with Gasteiger partial charge < -0.3 is 27.5 Å². The van der Waals surface area contributed by atoms with E-state index in [0.29, 0.717) is 0 Å². The predicted octanol–water partition coefficient (Wildman–Crippen LogP) is 24.2. The summed E-state index contributed by atoms with van der Waals surface area (Å²) in [6, 6.07) is 105. The van der Waals surface area contributed by atoms with Crippen molar-refractivity contribution in [3.05, 3.63) is 291 Å². The third kappa shape index (κ3) is 7.23. The summed E-state index contributed by atoms with van der Waals surface area (Å²) in [4.78, 5) is 4.86. The first-order valence-electron chi connectivity index (χ1n) is 29.9. The molecule has 19 aromatic rings. The average molecular weight is 1130 g/mol. The van der Waals surface area contributed by atoms with Gasteiger partial charge in [-0.25, -0.2) is 0 Å². The normalized spacial score (nSPS) is 12.1. The minimum atomic E-state index is 0.814. The van der Waals surface area contributed by atoms with E-state index < -0.39 is 0 Å². The summed E-state index contributed by atoms with van der Waals surface area (Å²) in [6.07, 6.45) is 0. The smallest absolute Gasteiger partial charge is 0.137 e. The molecule has 0 spiro atoms. The van der Waals surface area contributed by atoms with Crippen LogP contribution in [0.2, 0.25) is 0 Å². The molecule has 0 saturated heterocycles. The molecule has 4 aromatic heterocycles. The maximum Gasteiger partial charge on any atom is 0.137 e. The lowest BCUT2D eigenvalue weighted by molar-refractivity contribution is 0.668. The highest BCUT2D eigenvalue weighted by Gasteiger charge is 2.28. The number of hydrogen-bond acceptors (Lipinski definition) is 6. The second-order valence-corrected chi connectivity index (χ2v) is 23.0. The fourth-order valence-corrected chi connectivity index (χ4v) is 14.4. The van der Waals surface area contributed by atoms with Crippen LogP contribution in [-0.2, 0) is 0 Å². The van der Waals surface area contributed by atoms with Gasteiger partial charge in [0.2, 0.25) is 0 Å². The van der Waals surface area contributed by atoms with Crippen LogP contribution < -0.4 is 9.80 Å². The van der Waals surface area contributed by atoms with E-state index in [1.807, 2.05) is 24.3 Å². The summed E-state index contributed by atoms with van der Waals surface area (Å²) in [5.74, 6) is 0. The van der Waals surface area contributed by atoms with Gasteiger partial charge in [-0.05, 0) is 175 Å². The lowest BCUT2D eigenvalue weighted by atomic mass is 9.84. The summed E-state index contributed by atoms with van der Waals surface area (Å²) in [6.45, 7) is 0. The number of benzene rings is 15. The molecule has 6 heteroatoms. The number of fused-ring (bicyclic) bond motifs is 16. The second kappa shape index (κ2) is 18.8. The number of furan rings is 4. The Bertz CT molecular complexity index is 5520. The van der Waals surface area contributed by atoms with E-state index in [1.165, 1.54) is 21.5 Å². The Hall–Kier alpha value is -11.9. The topological polar surface area (TPSA) is 59.0 Å². The molecular formula is C82H48N2O4. The van der Waals surface area contributed by atoms with Crippen molar-refractivity contribution in [3.63, 3.8) is 0 Å². The first-order valence-corrected chi connectivity index (χ1v) is 29.9. The van der Waals surface area contributed by atoms with Gasteiger partial charge in [0.05, 0.1) is 44.3 Å². The van der Waals surface area contributed by atoms with E-state index in [4.69, 9.17) is 17.7 Å². The Morgan fingerprint density at radius 2 is 0.489 bits per heavy atom. The summed E-state index contributed by atoms with van der Waals surface area (Å²) in [5.41, 5.74) is 17.0. The van der Waals surface area contributed by atoms with Gasteiger partial charge in [-0.15, -0.1) is 0 Å². The van der Waals surface area contributed by atoms with Gasteiger partial charge in [-0.3, -0.25) is 0 Å². The molecule has 0 aliphatic heterocycles. The van der Waals surface area contributed by atoms with Crippen molar-refractivity contribution in [2.45, 2.75) is 0 Å². The van der Waals surface area contributed by atoms with Crippen LogP contribution in [-0.4, -0.2) is 0 Å². The number of hydrogen-bond donors (Lipinski definition) is 0. The highest BCUT2D eigenvalue weighted by molar-refractivity contribution is 6.26. The van der Waals surface area contributed by atoms with Crippen LogP contribution in [0.3, 0.4) is 0 Å². The van der Waals surface area contributed by atoms with Crippen molar-refractivity contribution >= 4 is 165 Å². The molecule has 88 heavy (non-hydrogen) atoms. The van der Waals surface area contributed by atoms with E-state index in [1.54, 1.807) is 0 Å². The second-order valence-electron chi connectivity index (χ2n) is 23.0. The van der Waals surface area contributed by atoms with Gasteiger partial charge in [-0.2, -0.15) is 0 Å². The molecular weight excluding hydrogens is 1080 g/mol. The molecule has 0 unspecified atom stereocenters. The van der Waals surface area contributed by atoms with Gasteiger partial charge in [0.15, 0.2) is 0 Å². The van der Waals surface area contributed by atoms with Crippen LogP contribution in [0.1, 0.15) is 0 Å². The molecule has 0 bridgehead atoms. The monoisotopic (exact) mass is 1120 g/mol. The van der Waals surface area contributed by atoms with Crippen LogP contribution in [0.4, 0.5) is 34.1 Å². The third-order valence-corrected chi connectivity index (χ3v) is 18.2. The zero-order chi connectivity index (χ0) is 57.6.